The van der Waals surface area contributed by atoms with Gasteiger partial charge in [-0.2, -0.15) is 5.26 Å². The highest BCUT2D eigenvalue weighted by molar-refractivity contribution is 9.10. The van der Waals surface area contributed by atoms with Gasteiger partial charge in [-0.1, -0.05) is 0 Å². The van der Waals surface area contributed by atoms with Crippen molar-refractivity contribution in [1.29, 1.82) is 5.26 Å². The first-order valence-electron chi connectivity index (χ1n) is 3.91. The van der Waals surface area contributed by atoms with E-state index < -0.39 is 0 Å². The molecule has 0 saturated carbocycles. The van der Waals surface area contributed by atoms with Crippen LogP contribution in [0.4, 0.5) is 0 Å². The van der Waals surface area contributed by atoms with Gasteiger partial charge in [-0.05, 0) is 24.3 Å². The van der Waals surface area contributed by atoms with Gasteiger partial charge in [0.25, 0.3) is 4.80 Å². The molecular weight excluding hydrogens is 244 g/mol. The fraction of sp³-hybridized carbons (Fsp3) is 0. The summed E-state index contributed by atoms with van der Waals surface area (Å²) in [7, 11) is 0. The summed E-state index contributed by atoms with van der Waals surface area (Å²) >= 11 is 3.13. The number of halogens is 1. The Bertz CT molecular complexity index is 482. The minimum absolute atomic E-state index is 0.455. The van der Waals surface area contributed by atoms with E-state index in [2.05, 4.69) is 27.0 Å². The van der Waals surface area contributed by atoms with Crippen molar-refractivity contribution in [3.63, 3.8) is 0 Å². The molecule has 4 heteroatoms. The van der Waals surface area contributed by atoms with E-state index in [1.54, 1.807) is 18.3 Å². The van der Waals surface area contributed by atoms with Gasteiger partial charge in [-0.15, -0.1) is 0 Å². The Labute approximate surface area is 89.1 Å². The van der Waals surface area contributed by atoms with E-state index >= 15 is 0 Å². The van der Waals surface area contributed by atoms with E-state index in [9.17, 15) is 0 Å². The summed E-state index contributed by atoms with van der Waals surface area (Å²) in [6.07, 6.45) is 1.63. The normalized spacial score (nSPS) is 9.71. The van der Waals surface area contributed by atoms with Gasteiger partial charge < -0.3 is 4.42 Å². The van der Waals surface area contributed by atoms with Crippen LogP contribution >= 0.6 is 15.9 Å². The quantitative estimate of drug-likeness (QED) is 0.780. The third kappa shape index (κ3) is 1.68. The SMILES string of the molecule is N#Cc1ccc(-c2cnc(Br)o2)cc1. The van der Waals surface area contributed by atoms with E-state index in [1.165, 1.54) is 0 Å². The molecule has 1 aromatic carbocycles. The van der Waals surface area contributed by atoms with Crippen molar-refractivity contribution in [2.24, 2.45) is 0 Å². The fourth-order valence-corrected chi connectivity index (χ4v) is 1.37. The molecule has 0 atom stereocenters. The number of nitrogens with zero attached hydrogens (tertiary/aromatic N) is 2. The maximum atomic E-state index is 8.61. The summed E-state index contributed by atoms with van der Waals surface area (Å²) in [6.45, 7) is 0. The van der Waals surface area contributed by atoms with Crippen molar-refractivity contribution in [2.45, 2.75) is 0 Å². The van der Waals surface area contributed by atoms with Gasteiger partial charge in [0, 0.05) is 21.5 Å². The molecular formula is C10H5BrN2O. The van der Waals surface area contributed by atoms with Gasteiger partial charge in [-0.3, -0.25) is 0 Å². The molecule has 0 unspecified atom stereocenters. The van der Waals surface area contributed by atoms with Crippen LogP contribution in [-0.2, 0) is 0 Å². The third-order valence-electron chi connectivity index (χ3n) is 1.78. The molecule has 0 saturated heterocycles. The molecule has 68 valence electrons. The van der Waals surface area contributed by atoms with E-state index in [0.29, 0.717) is 16.1 Å². The van der Waals surface area contributed by atoms with Crippen LogP contribution in [0.1, 0.15) is 5.56 Å². The second-order valence-electron chi connectivity index (χ2n) is 2.67. The molecule has 1 aromatic heterocycles. The van der Waals surface area contributed by atoms with Crippen molar-refractivity contribution in [1.82, 2.24) is 4.98 Å². The van der Waals surface area contributed by atoms with Gasteiger partial charge in [0.1, 0.15) is 0 Å². The average Bonchev–Trinajstić information content (AvgIpc) is 2.65. The van der Waals surface area contributed by atoms with E-state index in [0.717, 1.165) is 5.56 Å². The molecule has 2 aromatic rings. The molecule has 0 aliphatic carbocycles. The smallest absolute Gasteiger partial charge is 0.264 e. The summed E-state index contributed by atoms with van der Waals surface area (Å²) < 4.78 is 5.27. The van der Waals surface area contributed by atoms with Crippen molar-refractivity contribution in [3.05, 3.63) is 40.8 Å². The molecule has 0 radical (unpaired) electrons. The monoisotopic (exact) mass is 248 g/mol. The largest absolute Gasteiger partial charge is 0.431 e. The Morgan fingerprint density at radius 3 is 2.50 bits per heavy atom. The lowest BCUT2D eigenvalue weighted by molar-refractivity contribution is 0.542. The van der Waals surface area contributed by atoms with Crippen molar-refractivity contribution in [3.8, 4) is 17.4 Å². The van der Waals surface area contributed by atoms with Crippen LogP contribution < -0.4 is 0 Å². The molecule has 0 aliphatic heterocycles. The molecule has 0 fully saturated rings. The van der Waals surface area contributed by atoms with Gasteiger partial charge in [0.2, 0.25) is 0 Å². The Morgan fingerprint density at radius 2 is 2.00 bits per heavy atom. The van der Waals surface area contributed by atoms with Crippen LogP contribution in [-0.4, -0.2) is 4.98 Å². The van der Waals surface area contributed by atoms with Crippen LogP contribution in [0.15, 0.2) is 39.7 Å². The summed E-state index contributed by atoms with van der Waals surface area (Å²) in [4.78, 5) is 4.38. The predicted molar refractivity (Wildman–Crippen MR) is 54.4 cm³/mol. The molecule has 1 heterocycles. The number of benzene rings is 1. The van der Waals surface area contributed by atoms with Crippen molar-refractivity contribution >= 4 is 15.9 Å². The zero-order valence-corrected chi connectivity index (χ0v) is 8.65. The fourth-order valence-electron chi connectivity index (χ4n) is 1.10. The van der Waals surface area contributed by atoms with E-state index in [-0.39, 0.29) is 0 Å². The zero-order valence-electron chi connectivity index (χ0n) is 7.07. The number of oxazole rings is 1. The summed E-state index contributed by atoms with van der Waals surface area (Å²) in [5, 5.41) is 8.61. The molecule has 3 nitrogen and oxygen atoms in total. The first-order valence-corrected chi connectivity index (χ1v) is 4.71. The summed E-state index contributed by atoms with van der Waals surface area (Å²) in [6, 6.07) is 9.19. The van der Waals surface area contributed by atoms with Gasteiger partial charge >= 0.3 is 0 Å². The third-order valence-corrected chi connectivity index (χ3v) is 2.14. The maximum Gasteiger partial charge on any atom is 0.264 e. The Morgan fingerprint density at radius 1 is 1.29 bits per heavy atom. The summed E-state index contributed by atoms with van der Waals surface area (Å²) in [5.74, 6) is 0.682. The highest BCUT2D eigenvalue weighted by atomic mass is 79.9. The minimum atomic E-state index is 0.455. The number of nitriles is 1. The van der Waals surface area contributed by atoms with Crippen LogP contribution in [0.25, 0.3) is 11.3 Å². The van der Waals surface area contributed by atoms with Crippen LogP contribution in [0.2, 0.25) is 0 Å². The van der Waals surface area contributed by atoms with E-state index in [4.69, 9.17) is 9.68 Å². The minimum Gasteiger partial charge on any atom is -0.431 e. The highest BCUT2D eigenvalue weighted by Crippen LogP contribution is 2.22. The van der Waals surface area contributed by atoms with Crippen LogP contribution in [0, 0.1) is 11.3 Å². The lowest BCUT2D eigenvalue weighted by Crippen LogP contribution is -1.75. The standard InChI is InChI=1S/C10H5BrN2O/c11-10-13-6-9(14-10)8-3-1-7(5-12)2-4-8/h1-4,6H. The number of aromatic nitrogens is 1. The molecule has 2 rings (SSSR count). The van der Waals surface area contributed by atoms with Gasteiger partial charge in [0.05, 0.1) is 17.8 Å². The topological polar surface area (TPSA) is 49.8 Å². The number of hydrogen-bond acceptors (Lipinski definition) is 3. The van der Waals surface area contributed by atoms with Crippen LogP contribution in [0.3, 0.4) is 0 Å². The molecule has 0 bridgehead atoms. The molecule has 0 spiro atoms. The Kier molecular flexibility index (Phi) is 2.33. The predicted octanol–water partition coefficient (Wildman–Crippen LogP) is 2.98. The first-order chi connectivity index (χ1) is 6.79. The van der Waals surface area contributed by atoms with Gasteiger partial charge in [-0.25, -0.2) is 4.98 Å². The lowest BCUT2D eigenvalue weighted by atomic mass is 10.1. The Balaban J connectivity index is 2.39. The highest BCUT2D eigenvalue weighted by Gasteiger charge is 2.03. The molecule has 0 amide bonds. The maximum absolute atomic E-state index is 8.61. The van der Waals surface area contributed by atoms with Crippen molar-refractivity contribution in [2.75, 3.05) is 0 Å². The molecule has 0 N–H and O–H groups in total. The average molecular weight is 249 g/mol. The van der Waals surface area contributed by atoms with Gasteiger partial charge in [0.15, 0.2) is 5.76 Å². The molecule has 14 heavy (non-hydrogen) atoms. The molecule has 0 aliphatic rings. The second kappa shape index (κ2) is 3.64. The van der Waals surface area contributed by atoms with Crippen LogP contribution in [0.5, 0.6) is 0 Å². The summed E-state index contributed by atoms with van der Waals surface area (Å²) in [5.41, 5.74) is 1.54. The lowest BCUT2D eigenvalue weighted by Gasteiger charge is -1.94. The Hall–Kier alpha value is -1.60. The zero-order chi connectivity index (χ0) is 9.97. The number of rotatable bonds is 1. The first kappa shape index (κ1) is 8.97. The number of hydrogen-bond donors (Lipinski definition) is 0. The van der Waals surface area contributed by atoms with Crippen molar-refractivity contribution < 1.29 is 4.42 Å². The van der Waals surface area contributed by atoms with E-state index in [1.807, 2.05) is 12.1 Å². The second-order valence-corrected chi connectivity index (χ2v) is 3.34.